The molecule has 0 saturated heterocycles. The summed E-state index contributed by atoms with van der Waals surface area (Å²) >= 11 is 0. The molecule has 0 aliphatic rings. The summed E-state index contributed by atoms with van der Waals surface area (Å²) in [6.07, 6.45) is 2.78. The molecule has 0 aliphatic carbocycles. The van der Waals surface area contributed by atoms with Gasteiger partial charge in [0.1, 0.15) is 6.61 Å². The third-order valence-electron chi connectivity index (χ3n) is 2.31. The van der Waals surface area contributed by atoms with E-state index in [0.29, 0.717) is 0 Å². The second-order valence-electron chi connectivity index (χ2n) is 4.03. The number of carbonyl (C=O) groups excluding carboxylic acids is 2. The number of nitrogens with one attached hydrogen (secondary N) is 1. The van der Waals surface area contributed by atoms with Gasteiger partial charge in [-0.25, -0.2) is 9.59 Å². The van der Waals surface area contributed by atoms with Crippen LogP contribution in [-0.4, -0.2) is 46.6 Å². The monoisotopic (exact) mass is 281 g/mol. The summed E-state index contributed by atoms with van der Waals surface area (Å²) in [5.41, 5.74) is 5.50. The smallest absolute Gasteiger partial charge is 0.339 e. The molecule has 0 aromatic carbocycles. The predicted molar refractivity (Wildman–Crippen MR) is 67.7 cm³/mol. The molecule has 0 fully saturated rings. The summed E-state index contributed by atoms with van der Waals surface area (Å²) in [7, 11) is 0. The van der Waals surface area contributed by atoms with Gasteiger partial charge in [0, 0.05) is 12.4 Å². The van der Waals surface area contributed by atoms with Crippen molar-refractivity contribution in [3.05, 3.63) is 30.1 Å². The lowest BCUT2D eigenvalue weighted by Crippen LogP contribution is -2.49. The number of nitrogens with two attached hydrogens (primary N) is 1. The van der Waals surface area contributed by atoms with Crippen LogP contribution in [0.15, 0.2) is 24.5 Å². The molecule has 0 bridgehead atoms. The number of nitrogens with zero attached hydrogens (tertiary/aromatic N) is 1. The van der Waals surface area contributed by atoms with Crippen LogP contribution in [0.4, 0.5) is 0 Å². The number of ether oxygens (including phenoxy) is 1. The molecule has 0 radical (unpaired) electrons. The number of carbonyl (C=O) groups is 3. The number of pyridine rings is 1. The zero-order valence-electron chi connectivity index (χ0n) is 10.8. The Morgan fingerprint density at radius 3 is 2.70 bits per heavy atom. The summed E-state index contributed by atoms with van der Waals surface area (Å²) in [5.74, 6) is -2.69. The molecule has 0 spiro atoms. The normalized spacial score (nSPS) is 13.1. The number of aromatic nitrogens is 1. The van der Waals surface area contributed by atoms with Gasteiger partial charge >= 0.3 is 11.9 Å². The quantitative estimate of drug-likeness (QED) is 0.579. The molecule has 1 heterocycles. The van der Waals surface area contributed by atoms with Crippen LogP contribution in [0.2, 0.25) is 0 Å². The first-order valence-electron chi connectivity index (χ1n) is 5.77. The van der Waals surface area contributed by atoms with Crippen LogP contribution in [0.3, 0.4) is 0 Å². The standard InChI is InChI=1S/C12H15N3O5/c1-7(13)10(16)15-9(11(17)18)6-20-12(19)8-3-2-4-14-5-8/h2-5,7,9H,6,13H2,1H3,(H,15,16)(H,17,18)/t7-,9-/m0/s1. The molecule has 1 amide bonds. The van der Waals surface area contributed by atoms with Crippen molar-refractivity contribution in [2.75, 3.05) is 6.61 Å². The van der Waals surface area contributed by atoms with E-state index >= 15 is 0 Å². The molecule has 0 saturated carbocycles. The van der Waals surface area contributed by atoms with Crippen LogP contribution in [0.5, 0.6) is 0 Å². The van der Waals surface area contributed by atoms with Crippen molar-refractivity contribution in [3.63, 3.8) is 0 Å². The minimum Gasteiger partial charge on any atom is -0.480 e. The summed E-state index contributed by atoms with van der Waals surface area (Å²) in [4.78, 5) is 37.6. The van der Waals surface area contributed by atoms with Crippen molar-refractivity contribution in [1.82, 2.24) is 10.3 Å². The van der Waals surface area contributed by atoms with Gasteiger partial charge in [-0.2, -0.15) is 0 Å². The SMILES string of the molecule is C[C@H](N)C(=O)N[C@@H](COC(=O)c1cccnc1)C(=O)O. The molecule has 20 heavy (non-hydrogen) atoms. The third-order valence-corrected chi connectivity index (χ3v) is 2.31. The Bertz CT molecular complexity index is 489. The molecule has 4 N–H and O–H groups in total. The van der Waals surface area contributed by atoms with Crippen LogP contribution in [-0.2, 0) is 14.3 Å². The fourth-order valence-corrected chi connectivity index (χ4v) is 1.20. The molecule has 1 aromatic rings. The number of esters is 1. The Hall–Kier alpha value is -2.48. The molecule has 2 atom stereocenters. The number of hydrogen-bond acceptors (Lipinski definition) is 6. The van der Waals surface area contributed by atoms with E-state index in [1.165, 1.54) is 25.4 Å². The van der Waals surface area contributed by atoms with Gasteiger partial charge in [-0.15, -0.1) is 0 Å². The van der Waals surface area contributed by atoms with E-state index < -0.39 is 36.5 Å². The van der Waals surface area contributed by atoms with Crippen LogP contribution >= 0.6 is 0 Å². The first kappa shape index (κ1) is 15.6. The van der Waals surface area contributed by atoms with Gasteiger partial charge in [-0.3, -0.25) is 9.78 Å². The zero-order chi connectivity index (χ0) is 15.1. The third kappa shape index (κ3) is 4.65. The van der Waals surface area contributed by atoms with Crippen molar-refractivity contribution >= 4 is 17.8 Å². The topological polar surface area (TPSA) is 132 Å². The highest BCUT2D eigenvalue weighted by molar-refractivity contribution is 5.90. The number of carboxylic acid groups (broad SMARTS) is 1. The van der Waals surface area contributed by atoms with Crippen molar-refractivity contribution < 1.29 is 24.2 Å². The Kier molecular flexibility index (Phi) is 5.60. The molecule has 1 aromatic heterocycles. The Labute approximate surface area is 114 Å². The van der Waals surface area contributed by atoms with E-state index in [1.54, 1.807) is 6.07 Å². The van der Waals surface area contributed by atoms with E-state index in [1.807, 2.05) is 0 Å². The molecular weight excluding hydrogens is 266 g/mol. The lowest BCUT2D eigenvalue weighted by atomic mass is 10.2. The second kappa shape index (κ2) is 7.19. The molecule has 0 aliphatic heterocycles. The maximum atomic E-state index is 11.6. The molecule has 8 heteroatoms. The predicted octanol–water partition coefficient (Wildman–Crippen LogP) is -0.845. The second-order valence-corrected chi connectivity index (χ2v) is 4.03. The Morgan fingerprint density at radius 2 is 2.20 bits per heavy atom. The van der Waals surface area contributed by atoms with Gasteiger partial charge in [-0.1, -0.05) is 0 Å². The Balaban J connectivity index is 2.57. The van der Waals surface area contributed by atoms with E-state index in [2.05, 4.69) is 10.3 Å². The number of rotatable bonds is 6. The molecule has 0 unspecified atom stereocenters. The number of hydrogen-bond donors (Lipinski definition) is 3. The van der Waals surface area contributed by atoms with E-state index in [-0.39, 0.29) is 5.56 Å². The molecule has 108 valence electrons. The molecular formula is C12H15N3O5. The van der Waals surface area contributed by atoms with E-state index in [0.717, 1.165) is 0 Å². The first-order chi connectivity index (χ1) is 9.41. The van der Waals surface area contributed by atoms with Crippen LogP contribution in [0, 0.1) is 0 Å². The average Bonchev–Trinajstić information content (AvgIpc) is 2.43. The number of carboxylic acids is 1. The van der Waals surface area contributed by atoms with Gasteiger partial charge in [0.2, 0.25) is 5.91 Å². The minimum atomic E-state index is -1.35. The summed E-state index contributed by atoms with van der Waals surface area (Å²) < 4.78 is 4.82. The lowest BCUT2D eigenvalue weighted by Gasteiger charge is -2.16. The zero-order valence-corrected chi connectivity index (χ0v) is 10.8. The van der Waals surface area contributed by atoms with Gasteiger partial charge in [-0.05, 0) is 19.1 Å². The first-order valence-corrected chi connectivity index (χ1v) is 5.77. The van der Waals surface area contributed by atoms with Crippen molar-refractivity contribution in [2.45, 2.75) is 19.0 Å². The maximum absolute atomic E-state index is 11.6. The number of aliphatic carboxylic acids is 1. The summed E-state index contributed by atoms with van der Waals surface area (Å²) in [6.45, 7) is 0.914. The summed E-state index contributed by atoms with van der Waals surface area (Å²) in [5, 5.41) is 11.1. The van der Waals surface area contributed by atoms with Crippen molar-refractivity contribution in [2.24, 2.45) is 5.73 Å². The molecule has 1 rings (SSSR count). The minimum absolute atomic E-state index is 0.190. The fourth-order valence-electron chi connectivity index (χ4n) is 1.20. The highest BCUT2D eigenvalue weighted by atomic mass is 16.5. The van der Waals surface area contributed by atoms with Gasteiger partial charge in [0.05, 0.1) is 11.6 Å². The lowest BCUT2D eigenvalue weighted by molar-refractivity contribution is -0.143. The van der Waals surface area contributed by atoms with Gasteiger partial charge in [0.25, 0.3) is 0 Å². The highest BCUT2D eigenvalue weighted by Gasteiger charge is 2.23. The van der Waals surface area contributed by atoms with Gasteiger partial charge in [0.15, 0.2) is 6.04 Å². The fraction of sp³-hybridized carbons (Fsp3) is 0.333. The highest BCUT2D eigenvalue weighted by Crippen LogP contribution is 2.00. The van der Waals surface area contributed by atoms with E-state index in [4.69, 9.17) is 15.6 Å². The van der Waals surface area contributed by atoms with Crippen LogP contribution in [0.25, 0.3) is 0 Å². The average molecular weight is 281 g/mol. The largest absolute Gasteiger partial charge is 0.480 e. The van der Waals surface area contributed by atoms with Gasteiger partial charge < -0.3 is 20.9 Å². The number of amides is 1. The van der Waals surface area contributed by atoms with Crippen LogP contribution < -0.4 is 11.1 Å². The summed E-state index contributed by atoms with van der Waals surface area (Å²) in [6, 6.07) is 0.814. The Morgan fingerprint density at radius 1 is 1.50 bits per heavy atom. The van der Waals surface area contributed by atoms with E-state index in [9.17, 15) is 14.4 Å². The maximum Gasteiger partial charge on any atom is 0.339 e. The van der Waals surface area contributed by atoms with Crippen molar-refractivity contribution in [1.29, 1.82) is 0 Å². The molecule has 8 nitrogen and oxygen atoms in total. The van der Waals surface area contributed by atoms with Crippen molar-refractivity contribution in [3.8, 4) is 0 Å². The van der Waals surface area contributed by atoms with Crippen LogP contribution in [0.1, 0.15) is 17.3 Å².